The largest absolute Gasteiger partial charge is 0.469 e. The molecule has 70 valence electrons. The van der Waals surface area contributed by atoms with Crippen molar-refractivity contribution in [3.63, 3.8) is 0 Å². The fraction of sp³-hybridized carbons (Fsp3) is 0.625. The van der Waals surface area contributed by atoms with E-state index in [0.717, 1.165) is 0 Å². The molecule has 0 unspecified atom stereocenters. The predicted molar refractivity (Wildman–Crippen MR) is 50.2 cm³/mol. The van der Waals surface area contributed by atoms with Crippen LogP contribution in [0.2, 0.25) is 19.6 Å². The Kier molecular flexibility index (Phi) is 4.02. The lowest BCUT2D eigenvalue weighted by Crippen LogP contribution is -2.18. The van der Waals surface area contributed by atoms with Crippen LogP contribution >= 0.6 is 0 Å². The number of carbonyl (C=O) groups is 1. The molecular formula is C8H16O3Si. The first-order valence-electron chi connectivity index (χ1n) is 3.80. The smallest absolute Gasteiger partial charge is 0.310 e. The van der Waals surface area contributed by atoms with Gasteiger partial charge in [-0.1, -0.05) is 19.6 Å². The van der Waals surface area contributed by atoms with E-state index in [9.17, 15) is 4.79 Å². The van der Waals surface area contributed by atoms with Gasteiger partial charge in [0.2, 0.25) is 0 Å². The maximum Gasteiger partial charge on any atom is 0.310 e. The summed E-state index contributed by atoms with van der Waals surface area (Å²) in [5.74, 6) is -0.0250. The number of esters is 1. The van der Waals surface area contributed by atoms with Crippen LogP contribution in [-0.4, -0.2) is 21.2 Å². The lowest BCUT2D eigenvalue weighted by molar-refractivity contribution is -0.141. The van der Waals surface area contributed by atoms with Gasteiger partial charge in [-0.25, -0.2) is 0 Å². The topological polar surface area (TPSA) is 35.5 Å². The Hall–Kier alpha value is -0.773. The zero-order valence-electron chi connectivity index (χ0n) is 8.30. The minimum Gasteiger partial charge on any atom is -0.469 e. The third kappa shape index (κ3) is 5.97. The molecule has 0 aromatic rings. The molecule has 0 bridgehead atoms. The molecule has 3 nitrogen and oxygen atoms in total. The van der Waals surface area contributed by atoms with E-state index in [2.05, 4.69) is 19.6 Å². The summed E-state index contributed by atoms with van der Waals surface area (Å²) in [4.78, 5) is 10.6. The average Bonchev–Trinajstić information content (AvgIpc) is 1.82. The molecule has 0 rings (SSSR count). The lowest BCUT2D eigenvalue weighted by atomic mass is 10.8. The van der Waals surface area contributed by atoms with Crippen molar-refractivity contribution < 1.29 is 14.3 Å². The van der Waals surface area contributed by atoms with Gasteiger partial charge in [-0.3, -0.25) is 4.79 Å². The Morgan fingerprint density at radius 1 is 1.33 bits per heavy atom. The van der Waals surface area contributed by atoms with Crippen LogP contribution in [0.1, 0.15) is 6.92 Å². The van der Waals surface area contributed by atoms with Gasteiger partial charge < -0.3 is 9.47 Å². The fourth-order valence-electron chi connectivity index (χ4n) is 0.625. The van der Waals surface area contributed by atoms with Crippen LogP contribution in [0.25, 0.3) is 0 Å². The second kappa shape index (κ2) is 4.30. The summed E-state index contributed by atoms with van der Waals surface area (Å²) < 4.78 is 9.70. The van der Waals surface area contributed by atoms with Crippen LogP contribution < -0.4 is 0 Å². The lowest BCUT2D eigenvalue weighted by Gasteiger charge is -2.12. The van der Waals surface area contributed by atoms with E-state index in [-0.39, 0.29) is 5.97 Å². The Balaban J connectivity index is 4.34. The third-order valence-electron chi connectivity index (χ3n) is 0.996. The number of rotatable bonds is 3. The molecule has 0 heterocycles. The maximum atomic E-state index is 10.6. The summed E-state index contributed by atoms with van der Waals surface area (Å²) >= 11 is 0. The average molecular weight is 188 g/mol. The Labute approximate surface area is 74.4 Å². The number of methoxy groups -OCH3 is 1. The first-order valence-corrected chi connectivity index (χ1v) is 7.38. The molecule has 0 aliphatic rings. The van der Waals surface area contributed by atoms with Crippen LogP contribution in [0, 0.1) is 0 Å². The van der Waals surface area contributed by atoms with Gasteiger partial charge in [0.15, 0.2) is 0 Å². The van der Waals surface area contributed by atoms with E-state index in [1.807, 2.05) is 5.70 Å². The quantitative estimate of drug-likeness (QED) is 0.385. The first kappa shape index (κ1) is 11.2. The molecule has 0 saturated heterocycles. The summed E-state index contributed by atoms with van der Waals surface area (Å²) in [6, 6.07) is 0. The van der Waals surface area contributed by atoms with Crippen molar-refractivity contribution in [2.24, 2.45) is 0 Å². The highest BCUT2D eigenvalue weighted by atomic mass is 28.3. The normalized spacial score (nSPS) is 12.6. The van der Waals surface area contributed by atoms with Crippen molar-refractivity contribution in [2.45, 2.75) is 26.6 Å². The van der Waals surface area contributed by atoms with Crippen LogP contribution in [0.15, 0.2) is 11.6 Å². The third-order valence-corrected chi connectivity index (χ3v) is 2.10. The molecule has 12 heavy (non-hydrogen) atoms. The van der Waals surface area contributed by atoms with Gasteiger partial charge in [-0.15, -0.1) is 0 Å². The monoisotopic (exact) mass is 188 g/mol. The Bertz CT molecular complexity index is 191. The molecule has 0 aliphatic carbocycles. The van der Waals surface area contributed by atoms with Crippen molar-refractivity contribution in [1.29, 1.82) is 0 Å². The van der Waals surface area contributed by atoms with Gasteiger partial charge in [0, 0.05) is 6.92 Å². The van der Waals surface area contributed by atoms with Crippen molar-refractivity contribution in [3.05, 3.63) is 11.6 Å². The second-order valence-electron chi connectivity index (χ2n) is 3.63. The summed E-state index contributed by atoms with van der Waals surface area (Å²) in [6.45, 7) is 7.76. The second-order valence-corrected chi connectivity index (χ2v) is 8.65. The van der Waals surface area contributed by atoms with E-state index in [4.69, 9.17) is 9.47 Å². The zero-order chi connectivity index (χ0) is 9.78. The highest BCUT2D eigenvalue weighted by molar-refractivity contribution is 6.81. The fourth-order valence-corrected chi connectivity index (χ4v) is 1.51. The summed E-state index contributed by atoms with van der Waals surface area (Å²) in [5, 5.41) is 0. The van der Waals surface area contributed by atoms with E-state index < -0.39 is 8.07 Å². The molecule has 0 fully saturated rings. The molecule has 0 aromatic carbocycles. The molecular weight excluding hydrogens is 172 g/mol. The SMILES string of the molecule is CO/C(=C\[Si](C)(C)C)OC(C)=O. The summed E-state index contributed by atoms with van der Waals surface area (Å²) in [5.41, 5.74) is 1.90. The maximum absolute atomic E-state index is 10.6. The highest BCUT2D eigenvalue weighted by Crippen LogP contribution is 2.08. The Morgan fingerprint density at radius 3 is 2.08 bits per heavy atom. The van der Waals surface area contributed by atoms with Crippen molar-refractivity contribution in [3.8, 4) is 0 Å². The summed E-state index contributed by atoms with van der Waals surface area (Å²) in [7, 11) is 0.123. The summed E-state index contributed by atoms with van der Waals surface area (Å²) in [6.07, 6.45) is 0. The number of hydrogen-bond acceptors (Lipinski definition) is 3. The molecule has 0 atom stereocenters. The van der Waals surface area contributed by atoms with Gasteiger partial charge in [-0.05, 0) is 5.70 Å². The van der Waals surface area contributed by atoms with Crippen LogP contribution in [-0.2, 0) is 14.3 Å². The predicted octanol–water partition coefficient (Wildman–Crippen LogP) is 1.91. The standard InChI is InChI=1S/C8H16O3Si/c1-7(9)11-8(10-2)6-12(3,4)5/h6H,1-5H3/b8-6+. The van der Waals surface area contributed by atoms with Crippen molar-refractivity contribution >= 4 is 14.0 Å². The Morgan fingerprint density at radius 2 is 1.83 bits per heavy atom. The molecule has 4 heteroatoms. The molecule has 0 saturated carbocycles. The number of hydrogen-bond donors (Lipinski definition) is 0. The minimum absolute atomic E-state index is 0.321. The van der Waals surface area contributed by atoms with Crippen molar-refractivity contribution in [2.75, 3.05) is 7.11 Å². The first-order chi connectivity index (χ1) is 5.35. The molecule has 0 N–H and O–H groups in total. The van der Waals surface area contributed by atoms with Crippen molar-refractivity contribution in [1.82, 2.24) is 0 Å². The zero-order valence-corrected chi connectivity index (χ0v) is 9.30. The molecule has 0 aromatic heterocycles. The van der Waals surface area contributed by atoms with Gasteiger partial charge >= 0.3 is 5.97 Å². The van der Waals surface area contributed by atoms with Gasteiger partial charge in [-0.2, -0.15) is 0 Å². The van der Waals surface area contributed by atoms with E-state index in [1.165, 1.54) is 14.0 Å². The molecule has 0 radical (unpaired) electrons. The molecule has 0 aliphatic heterocycles. The van der Waals surface area contributed by atoms with E-state index >= 15 is 0 Å². The van der Waals surface area contributed by atoms with Crippen LogP contribution in [0.3, 0.4) is 0 Å². The molecule has 0 amide bonds. The van der Waals surface area contributed by atoms with E-state index in [0.29, 0.717) is 5.95 Å². The van der Waals surface area contributed by atoms with Gasteiger partial charge in [0.1, 0.15) is 0 Å². The highest BCUT2D eigenvalue weighted by Gasteiger charge is 2.13. The van der Waals surface area contributed by atoms with E-state index in [1.54, 1.807) is 0 Å². The number of carbonyl (C=O) groups excluding carboxylic acids is 1. The van der Waals surface area contributed by atoms with Crippen LogP contribution in [0.4, 0.5) is 0 Å². The van der Waals surface area contributed by atoms with Gasteiger partial charge in [0.25, 0.3) is 5.95 Å². The minimum atomic E-state index is -1.37. The van der Waals surface area contributed by atoms with Crippen LogP contribution in [0.5, 0.6) is 0 Å². The number of ether oxygens (including phenoxy) is 2. The van der Waals surface area contributed by atoms with Gasteiger partial charge in [0.05, 0.1) is 15.2 Å². The molecule has 0 spiro atoms.